The van der Waals surface area contributed by atoms with Gasteiger partial charge in [-0.25, -0.2) is 0 Å². The molecule has 1 heteroatoms. The molecule has 12 heavy (non-hydrogen) atoms. The van der Waals surface area contributed by atoms with Crippen molar-refractivity contribution in [2.24, 2.45) is 0 Å². The van der Waals surface area contributed by atoms with Crippen LogP contribution < -0.4 is 0 Å². The van der Waals surface area contributed by atoms with Crippen LogP contribution in [0.4, 0.5) is 0 Å². The number of ether oxygens (including phenoxy) is 1. The smallest absolute Gasteiger partial charge is 0.0594 e. The fourth-order valence-electron chi connectivity index (χ4n) is 1.06. The summed E-state index contributed by atoms with van der Waals surface area (Å²) in [5.74, 6) is 0. The molecule has 0 atom stereocenters. The summed E-state index contributed by atoms with van der Waals surface area (Å²) in [5.41, 5.74) is 0.0417. The standard InChI is InChI=1S/C6H12.C5H12O/c1-2-4-6-5-3-1;1-5(2,3)6-4/h1-6H2;1-4H3. The molecule has 0 heterocycles. The van der Waals surface area contributed by atoms with Gasteiger partial charge in [-0.15, -0.1) is 0 Å². The van der Waals surface area contributed by atoms with Gasteiger partial charge < -0.3 is 4.74 Å². The van der Waals surface area contributed by atoms with Gasteiger partial charge in [0.15, 0.2) is 0 Å². The number of rotatable bonds is 0. The normalized spacial score (nSPS) is 18.0. The van der Waals surface area contributed by atoms with Crippen molar-refractivity contribution in [2.45, 2.75) is 64.9 Å². The molecule has 74 valence electrons. The monoisotopic (exact) mass is 172 g/mol. The van der Waals surface area contributed by atoms with Crippen molar-refractivity contribution in [1.29, 1.82) is 0 Å². The third-order valence-electron chi connectivity index (χ3n) is 2.11. The molecule has 0 unspecified atom stereocenters. The molecule has 0 spiro atoms. The van der Waals surface area contributed by atoms with E-state index < -0.39 is 0 Å². The summed E-state index contributed by atoms with van der Waals surface area (Å²) in [6.45, 7) is 6.06. The predicted molar refractivity (Wildman–Crippen MR) is 54.5 cm³/mol. The highest BCUT2D eigenvalue weighted by atomic mass is 16.5. The summed E-state index contributed by atoms with van der Waals surface area (Å²) >= 11 is 0. The van der Waals surface area contributed by atoms with Gasteiger partial charge in [0.1, 0.15) is 0 Å². The highest BCUT2D eigenvalue weighted by Crippen LogP contribution is 2.15. The fraction of sp³-hybridized carbons (Fsp3) is 1.00. The van der Waals surface area contributed by atoms with Crippen LogP contribution in [0.3, 0.4) is 0 Å². The zero-order chi connectivity index (χ0) is 9.45. The largest absolute Gasteiger partial charge is 0.379 e. The summed E-state index contributed by atoms with van der Waals surface area (Å²) in [4.78, 5) is 0. The molecule has 1 saturated carbocycles. The summed E-state index contributed by atoms with van der Waals surface area (Å²) in [6.07, 6.45) is 9.00. The van der Waals surface area contributed by atoms with E-state index in [9.17, 15) is 0 Å². The fourth-order valence-corrected chi connectivity index (χ4v) is 1.06. The Labute approximate surface area is 77.5 Å². The van der Waals surface area contributed by atoms with Crippen LogP contribution in [0.1, 0.15) is 59.3 Å². The summed E-state index contributed by atoms with van der Waals surface area (Å²) < 4.78 is 4.94. The first kappa shape index (κ1) is 12.0. The Bertz CT molecular complexity index is 76.2. The van der Waals surface area contributed by atoms with E-state index in [1.54, 1.807) is 7.11 Å². The van der Waals surface area contributed by atoms with Crippen molar-refractivity contribution < 1.29 is 4.74 Å². The minimum atomic E-state index is 0.0417. The van der Waals surface area contributed by atoms with E-state index in [1.807, 2.05) is 20.8 Å². The Balaban J connectivity index is 0.000000202. The molecule has 1 aliphatic carbocycles. The zero-order valence-corrected chi connectivity index (χ0v) is 9.15. The highest BCUT2D eigenvalue weighted by Gasteiger charge is 2.04. The Kier molecular flexibility index (Phi) is 6.45. The van der Waals surface area contributed by atoms with Gasteiger partial charge in [-0.2, -0.15) is 0 Å². The quantitative estimate of drug-likeness (QED) is 0.540. The molecule has 1 rings (SSSR count). The molecular weight excluding hydrogens is 148 g/mol. The lowest BCUT2D eigenvalue weighted by Crippen LogP contribution is -2.15. The molecule has 0 saturated heterocycles. The van der Waals surface area contributed by atoms with E-state index in [4.69, 9.17) is 4.74 Å². The second-order valence-corrected chi connectivity index (χ2v) is 4.44. The second kappa shape index (κ2) is 6.47. The van der Waals surface area contributed by atoms with Crippen molar-refractivity contribution in [2.75, 3.05) is 7.11 Å². The minimum absolute atomic E-state index is 0.0417. The first-order valence-electron chi connectivity index (χ1n) is 5.11. The first-order chi connectivity index (χ1) is 5.56. The SMILES string of the molecule is C1CCCCC1.COC(C)(C)C. The van der Waals surface area contributed by atoms with E-state index in [0.29, 0.717) is 0 Å². The van der Waals surface area contributed by atoms with Crippen molar-refractivity contribution in [3.63, 3.8) is 0 Å². The van der Waals surface area contributed by atoms with E-state index in [-0.39, 0.29) is 5.60 Å². The first-order valence-corrected chi connectivity index (χ1v) is 5.11. The van der Waals surface area contributed by atoms with E-state index >= 15 is 0 Å². The average Bonchev–Trinajstić information content (AvgIpc) is 2.07. The molecule has 0 radical (unpaired) electrons. The van der Waals surface area contributed by atoms with Gasteiger partial charge in [0.2, 0.25) is 0 Å². The molecule has 0 aromatic rings. The van der Waals surface area contributed by atoms with Gasteiger partial charge in [0.05, 0.1) is 5.60 Å². The van der Waals surface area contributed by atoms with E-state index in [0.717, 1.165) is 0 Å². The van der Waals surface area contributed by atoms with Crippen molar-refractivity contribution in [3.8, 4) is 0 Å². The number of methoxy groups -OCH3 is 1. The number of hydrogen-bond donors (Lipinski definition) is 0. The molecule has 0 N–H and O–H groups in total. The maximum Gasteiger partial charge on any atom is 0.0594 e. The molecule has 0 amide bonds. The third kappa shape index (κ3) is 9.96. The molecular formula is C11H24O. The van der Waals surface area contributed by atoms with Crippen molar-refractivity contribution in [1.82, 2.24) is 0 Å². The van der Waals surface area contributed by atoms with Crippen LogP contribution in [0, 0.1) is 0 Å². The maximum absolute atomic E-state index is 4.94. The van der Waals surface area contributed by atoms with Gasteiger partial charge in [-0.05, 0) is 20.8 Å². The molecule has 0 bridgehead atoms. The minimum Gasteiger partial charge on any atom is -0.379 e. The molecule has 1 aliphatic rings. The van der Waals surface area contributed by atoms with Gasteiger partial charge >= 0.3 is 0 Å². The Hall–Kier alpha value is -0.0400. The van der Waals surface area contributed by atoms with Crippen LogP contribution in [-0.2, 0) is 4.74 Å². The van der Waals surface area contributed by atoms with Crippen LogP contribution in [-0.4, -0.2) is 12.7 Å². The predicted octanol–water partition coefficient (Wildman–Crippen LogP) is 3.77. The molecule has 0 aliphatic heterocycles. The lowest BCUT2D eigenvalue weighted by atomic mass is 10.0. The average molecular weight is 172 g/mol. The molecule has 0 aromatic heterocycles. The topological polar surface area (TPSA) is 9.23 Å². The number of hydrogen-bond acceptors (Lipinski definition) is 1. The lowest BCUT2D eigenvalue weighted by Gasteiger charge is -2.14. The zero-order valence-electron chi connectivity index (χ0n) is 9.15. The molecule has 0 aromatic carbocycles. The molecule has 1 fully saturated rings. The third-order valence-corrected chi connectivity index (χ3v) is 2.11. The van der Waals surface area contributed by atoms with Crippen LogP contribution in [0.15, 0.2) is 0 Å². The van der Waals surface area contributed by atoms with Gasteiger partial charge in [0.25, 0.3) is 0 Å². The van der Waals surface area contributed by atoms with Crippen LogP contribution in [0.2, 0.25) is 0 Å². The van der Waals surface area contributed by atoms with Crippen LogP contribution in [0.25, 0.3) is 0 Å². The summed E-state index contributed by atoms with van der Waals surface area (Å²) in [6, 6.07) is 0. The summed E-state index contributed by atoms with van der Waals surface area (Å²) in [7, 11) is 1.71. The van der Waals surface area contributed by atoms with Crippen LogP contribution >= 0.6 is 0 Å². The summed E-state index contributed by atoms with van der Waals surface area (Å²) in [5, 5.41) is 0. The van der Waals surface area contributed by atoms with E-state index in [1.165, 1.54) is 38.5 Å². The van der Waals surface area contributed by atoms with Gasteiger partial charge in [-0.3, -0.25) is 0 Å². The van der Waals surface area contributed by atoms with Crippen molar-refractivity contribution in [3.05, 3.63) is 0 Å². The Morgan fingerprint density at radius 1 is 0.750 bits per heavy atom. The Morgan fingerprint density at radius 3 is 1.00 bits per heavy atom. The maximum atomic E-state index is 4.94. The second-order valence-electron chi connectivity index (χ2n) is 4.44. The highest BCUT2D eigenvalue weighted by molar-refractivity contribution is 4.55. The Morgan fingerprint density at radius 2 is 0.917 bits per heavy atom. The van der Waals surface area contributed by atoms with E-state index in [2.05, 4.69) is 0 Å². The van der Waals surface area contributed by atoms with Crippen molar-refractivity contribution >= 4 is 0 Å². The van der Waals surface area contributed by atoms with Gasteiger partial charge in [0, 0.05) is 7.11 Å². The lowest BCUT2D eigenvalue weighted by molar-refractivity contribution is 0.0397. The van der Waals surface area contributed by atoms with Crippen LogP contribution in [0.5, 0.6) is 0 Å². The molecule has 1 nitrogen and oxygen atoms in total. The van der Waals surface area contributed by atoms with Gasteiger partial charge in [-0.1, -0.05) is 38.5 Å².